The molecular formula is C20H18F6N4O2. The summed E-state index contributed by atoms with van der Waals surface area (Å²) in [6.45, 7) is -1.48. The zero-order valence-corrected chi connectivity index (χ0v) is 16.8. The predicted molar refractivity (Wildman–Crippen MR) is 103 cm³/mol. The van der Waals surface area contributed by atoms with Gasteiger partial charge in [-0.2, -0.15) is 8.78 Å². The number of aliphatic imine (C=N–C) groups is 1. The summed E-state index contributed by atoms with van der Waals surface area (Å²) in [4.78, 5) is 19.0. The third-order valence-electron chi connectivity index (χ3n) is 5.27. The number of alkyl halides is 5. The predicted octanol–water partition coefficient (Wildman–Crippen LogP) is 3.93. The second-order valence-electron chi connectivity index (χ2n) is 7.65. The Morgan fingerprint density at radius 2 is 1.84 bits per heavy atom. The van der Waals surface area contributed by atoms with Crippen molar-refractivity contribution in [3.8, 4) is 16.9 Å². The lowest BCUT2D eigenvalue weighted by atomic mass is 9.77. The van der Waals surface area contributed by atoms with Crippen LogP contribution in [0.2, 0.25) is 0 Å². The third kappa shape index (κ3) is 3.96. The van der Waals surface area contributed by atoms with Crippen molar-refractivity contribution >= 4 is 11.7 Å². The summed E-state index contributed by atoms with van der Waals surface area (Å²) in [5.74, 6) is -7.20. The van der Waals surface area contributed by atoms with E-state index < -0.39 is 64.7 Å². The largest absolute Gasteiger partial charge is 0.433 e. The van der Waals surface area contributed by atoms with Crippen molar-refractivity contribution in [2.45, 2.75) is 44.0 Å². The van der Waals surface area contributed by atoms with E-state index in [1.807, 2.05) is 0 Å². The number of aromatic nitrogens is 1. The van der Waals surface area contributed by atoms with E-state index in [0.29, 0.717) is 0 Å². The van der Waals surface area contributed by atoms with Crippen molar-refractivity contribution in [1.82, 2.24) is 4.98 Å². The summed E-state index contributed by atoms with van der Waals surface area (Å²) >= 11 is 0. The van der Waals surface area contributed by atoms with Gasteiger partial charge >= 0.3 is 6.61 Å². The van der Waals surface area contributed by atoms with Gasteiger partial charge < -0.3 is 16.2 Å². The van der Waals surface area contributed by atoms with Crippen molar-refractivity contribution < 1.29 is 35.9 Å². The fraction of sp³-hybridized carbons (Fsp3) is 0.350. The van der Waals surface area contributed by atoms with Crippen LogP contribution in [-0.4, -0.2) is 34.9 Å². The molecule has 1 aromatic carbocycles. The standard InChI is InChI=1S/C20H18F6N4O2/c1-18(24)8-20(25,26)19(2,30-16(18)28)12-5-9(3-4-13(12)21)11-6-10(32-17(22)23)7-29-14(11)15(27)31/h3-7,17H,8H2,1-2H3,(H2,27,31)(H2,28,30)/t18-,19+/m0/s1. The number of carbonyl (C=O) groups is 1. The number of pyridine rings is 1. The van der Waals surface area contributed by atoms with Gasteiger partial charge in [-0.15, -0.1) is 0 Å². The summed E-state index contributed by atoms with van der Waals surface area (Å²) in [5, 5.41) is 0. The molecule has 0 saturated heterocycles. The second kappa shape index (κ2) is 7.68. The molecular weight excluding hydrogens is 442 g/mol. The van der Waals surface area contributed by atoms with Crippen molar-refractivity contribution in [1.29, 1.82) is 0 Å². The monoisotopic (exact) mass is 460 g/mol. The number of benzene rings is 1. The molecule has 6 nitrogen and oxygen atoms in total. The van der Waals surface area contributed by atoms with E-state index in [0.717, 1.165) is 44.3 Å². The number of nitrogens with zero attached hydrogens (tertiary/aromatic N) is 2. The molecule has 2 heterocycles. The third-order valence-corrected chi connectivity index (χ3v) is 5.27. The van der Waals surface area contributed by atoms with Gasteiger partial charge in [-0.05, 0) is 37.6 Å². The maximum atomic E-state index is 15.0. The highest BCUT2D eigenvalue weighted by atomic mass is 19.3. The number of nitrogens with two attached hydrogens (primary N) is 2. The number of halogens is 6. The number of ether oxygens (including phenoxy) is 1. The molecule has 32 heavy (non-hydrogen) atoms. The zero-order valence-electron chi connectivity index (χ0n) is 16.8. The molecule has 1 aliphatic rings. The van der Waals surface area contributed by atoms with E-state index in [1.165, 1.54) is 0 Å². The van der Waals surface area contributed by atoms with E-state index in [9.17, 15) is 31.1 Å². The van der Waals surface area contributed by atoms with Gasteiger partial charge in [-0.3, -0.25) is 9.79 Å². The summed E-state index contributed by atoms with van der Waals surface area (Å²) < 4.78 is 88.5. The molecule has 4 N–H and O–H groups in total. The maximum Gasteiger partial charge on any atom is 0.387 e. The highest BCUT2D eigenvalue weighted by Crippen LogP contribution is 2.50. The number of hydrogen-bond donors (Lipinski definition) is 2. The number of hydrogen-bond acceptors (Lipinski definition) is 5. The average molecular weight is 460 g/mol. The zero-order chi connectivity index (χ0) is 24.1. The van der Waals surface area contributed by atoms with Crippen LogP contribution in [0.15, 0.2) is 35.5 Å². The summed E-state index contributed by atoms with van der Waals surface area (Å²) in [6, 6.07) is 3.82. The molecule has 0 radical (unpaired) electrons. The second-order valence-corrected chi connectivity index (χ2v) is 7.65. The normalized spacial score (nSPS) is 24.8. The smallest absolute Gasteiger partial charge is 0.387 e. The van der Waals surface area contributed by atoms with Gasteiger partial charge in [-0.1, -0.05) is 6.07 Å². The Bertz CT molecular complexity index is 1110. The average Bonchev–Trinajstić information content (AvgIpc) is 2.65. The topological polar surface area (TPSA) is 104 Å². The number of amidine groups is 1. The Kier molecular flexibility index (Phi) is 5.60. The first-order chi connectivity index (χ1) is 14.7. The minimum Gasteiger partial charge on any atom is -0.433 e. The van der Waals surface area contributed by atoms with Crippen LogP contribution in [0, 0.1) is 5.82 Å². The minimum atomic E-state index is -3.86. The van der Waals surface area contributed by atoms with Crippen LogP contribution >= 0.6 is 0 Å². The molecule has 2 aromatic rings. The van der Waals surface area contributed by atoms with Crippen LogP contribution in [0.25, 0.3) is 11.1 Å². The molecule has 12 heteroatoms. The lowest BCUT2D eigenvalue weighted by molar-refractivity contribution is -0.106. The summed E-state index contributed by atoms with van der Waals surface area (Å²) in [5.41, 5.74) is 4.30. The summed E-state index contributed by atoms with van der Waals surface area (Å²) in [7, 11) is 0. The quantitative estimate of drug-likeness (QED) is 0.660. The molecule has 0 unspecified atom stereocenters. The van der Waals surface area contributed by atoms with Gasteiger partial charge in [0.05, 0.1) is 12.6 Å². The first kappa shape index (κ1) is 23.4. The molecule has 0 bridgehead atoms. The highest BCUT2D eigenvalue weighted by molar-refractivity contribution is 5.98. The van der Waals surface area contributed by atoms with Crippen LogP contribution in [0.3, 0.4) is 0 Å². The first-order valence-corrected chi connectivity index (χ1v) is 9.15. The number of amides is 1. The minimum absolute atomic E-state index is 0.0678. The van der Waals surface area contributed by atoms with Gasteiger partial charge in [0.15, 0.2) is 11.2 Å². The number of rotatable bonds is 5. The first-order valence-electron chi connectivity index (χ1n) is 9.15. The highest BCUT2D eigenvalue weighted by Gasteiger charge is 2.60. The van der Waals surface area contributed by atoms with Crippen LogP contribution in [0.5, 0.6) is 5.75 Å². The van der Waals surface area contributed by atoms with Gasteiger partial charge in [0, 0.05) is 11.1 Å². The van der Waals surface area contributed by atoms with Crippen molar-refractivity contribution in [2.24, 2.45) is 16.5 Å². The molecule has 3 rings (SSSR count). The molecule has 0 aliphatic carbocycles. The Hall–Kier alpha value is -3.31. The molecule has 0 spiro atoms. The molecule has 1 aromatic heterocycles. The van der Waals surface area contributed by atoms with E-state index >= 15 is 0 Å². The van der Waals surface area contributed by atoms with Crippen molar-refractivity contribution in [3.05, 3.63) is 47.5 Å². The lowest BCUT2D eigenvalue weighted by Crippen LogP contribution is -2.56. The van der Waals surface area contributed by atoms with Gasteiger partial charge in [0.1, 0.15) is 23.1 Å². The lowest BCUT2D eigenvalue weighted by Gasteiger charge is -2.42. The Morgan fingerprint density at radius 1 is 1.19 bits per heavy atom. The van der Waals surface area contributed by atoms with Crippen molar-refractivity contribution in [3.63, 3.8) is 0 Å². The fourth-order valence-corrected chi connectivity index (χ4v) is 3.47. The molecule has 0 saturated carbocycles. The van der Waals surface area contributed by atoms with Crippen LogP contribution < -0.4 is 16.2 Å². The van der Waals surface area contributed by atoms with E-state index in [1.54, 1.807) is 0 Å². The Morgan fingerprint density at radius 3 is 2.44 bits per heavy atom. The SMILES string of the molecule is C[C@]1(F)CC(F)(F)[C@@](C)(c2cc(-c3cc(OC(F)F)cnc3C(N)=O)ccc2F)N=C1N. The van der Waals surface area contributed by atoms with Crippen LogP contribution in [0.1, 0.15) is 36.3 Å². The fourth-order valence-electron chi connectivity index (χ4n) is 3.47. The molecule has 1 aliphatic heterocycles. The molecule has 0 fully saturated rings. The Labute approximate surface area is 178 Å². The van der Waals surface area contributed by atoms with Gasteiger partial charge in [0.25, 0.3) is 11.8 Å². The molecule has 2 atom stereocenters. The van der Waals surface area contributed by atoms with Crippen LogP contribution in [0.4, 0.5) is 26.3 Å². The Balaban J connectivity index is 2.23. The molecule has 1 amide bonds. The number of primary amides is 1. The maximum absolute atomic E-state index is 15.0. The van der Waals surface area contributed by atoms with E-state index in [4.69, 9.17) is 11.5 Å². The summed E-state index contributed by atoms with van der Waals surface area (Å²) in [6.07, 6.45) is -0.523. The van der Waals surface area contributed by atoms with Gasteiger partial charge in [0.2, 0.25) is 0 Å². The van der Waals surface area contributed by atoms with E-state index in [-0.39, 0.29) is 11.1 Å². The van der Waals surface area contributed by atoms with E-state index in [2.05, 4.69) is 14.7 Å². The molecule has 172 valence electrons. The number of carbonyl (C=O) groups excluding carboxylic acids is 1. The van der Waals surface area contributed by atoms with Gasteiger partial charge in [-0.25, -0.2) is 22.5 Å². The van der Waals surface area contributed by atoms with Crippen LogP contribution in [-0.2, 0) is 5.54 Å². The van der Waals surface area contributed by atoms with Crippen molar-refractivity contribution in [2.75, 3.05) is 0 Å².